The molecule has 202 valence electrons. The van der Waals surface area contributed by atoms with E-state index in [1.165, 1.54) is 13.2 Å². The highest BCUT2D eigenvalue weighted by atomic mass is 19.1. The van der Waals surface area contributed by atoms with Gasteiger partial charge in [-0.25, -0.2) is 4.39 Å². The topological polar surface area (TPSA) is 138 Å². The normalized spacial score (nSPS) is 25.6. The number of carboxylic acids is 1. The highest BCUT2D eigenvalue weighted by molar-refractivity contribution is 5.98. The van der Waals surface area contributed by atoms with Gasteiger partial charge in [-0.2, -0.15) is 5.26 Å². The van der Waals surface area contributed by atoms with Crippen LogP contribution in [0.2, 0.25) is 0 Å². The van der Waals surface area contributed by atoms with Gasteiger partial charge in [-0.1, -0.05) is 6.42 Å². The molecule has 0 aliphatic heterocycles. The standard InChI is InChI=1S/C27H36FN3O6/c1-26(2,14-29)15-30-23(32)17-6-5-7-20(17)31-24(33)18-12-22(19(28)13-21(18)36-4)37-16-8-10-27(3,11-9-16)25(34)35/h12-13,16-17,20H,5-11,15H2,1-4H3,(H,30,32)(H,31,33)(H,34,35). The number of ether oxygens (including phenoxy) is 2. The Morgan fingerprint density at radius 1 is 1.19 bits per heavy atom. The molecule has 0 heterocycles. The van der Waals surface area contributed by atoms with Gasteiger partial charge < -0.3 is 25.2 Å². The summed E-state index contributed by atoms with van der Waals surface area (Å²) in [5.74, 6) is -2.76. The van der Waals surface area contributed by atoms with Crippen LogP contribution in [0.3, 0.4) is 0 Å². The second-order valence-electron chi connectivity index (χ2n) is 11.0. The number of amides is 2. The summed E-state index contributed by atoms with van der Waals surface area (Å²) in [5, 5.41) is 24.3. The number of hydrogen-bond acceptors (Lipinski definition) is 6. The van der Waals surface area contributed by atoms with Crippen LogP contribution in [0.1, 0.15) is 76.1 Å². The number of carbonyl (C=O) groups is 3. The molecule has 9 nitrogen and oxygen atoms in total. The van der Waals surface area contributed by atoms with Gasteiger partial charge in [0.15, 0.2) is 11.6 Å². The molecule has 1 aromatic rings. The lowest BCUT2D eigenvalue weighted by Crippen LogP contribution is -2.45. The van der Waals surface area contributed by atoms with Gasteiger partial charge >= 0.3 is 5.97 Å². The Labute approximate surface area is 216 Å². The first-order valence-electron chi connectivity index (χ1n) is 12.7. The van der Waals surface area contributed by atoms with Crippen LogP contribution in [-0.2, 0) is 9.59 Å². The Bertz CT molecular complexity index is 1070. The zero-order valence-electron chi connectivity index (χ0n) is 21.9. The van der Waals surface area contributed by atoms with Crippen LogP contribution in [0.15, 0.2) is 12.1 Å². The van der Waals surface area contributed by atoms with Crippen LogP contribution in [0, 0.1) is 33.9 Å². The lowest BCUT2D eigenvalue weighted by atomic mass is 9.75. The average molecular weight is 518 g/mol. The van der Waals surface area contributed by atoms with Gasteiger partial charge in [0.1, 0.15) is 5.75 Å². The first-order chi connectivity index (χ1) is 17.4. The minimum Gasteiger partial charge on any atom is -0.496 e. The number of halogens is 1. The summed E-state index contributed by atoms with van der Waals surface area (Å²) in [7, 11) is 1.34. The zero-order valence-corrected chi connectivity index (χ0v) is 21.9. The molecule has 2 amide bonds. The number of hydrogen-bond donors (Lipinski definition) is 3. The van der Waals surface area contributed by atoms with E-state index in [0.29, 0.717) is 38.5 Å². The van der Waals surface area contributed by atoms with Gasteiger partial charge in [-0.15, -0.1) is 0 Å². The third kappa shape index (κ3) is 6.70. The van der Waals surface area contributed by atoms with Crippen molar-refractivity contribution in [2.24, 2.45) is 16.7 Å². The molecule has 2 aliphatic rings. The SMILES string of the molecule is COc1cc(F)c(OC2CCC(C)(C(=O)O)CC2)cc1C(=O)NC1CCCC1C(=O)NCC(C)(C)C#N. The Hall–Kier alpha value is -3.35. The van der Waals surface area contributed by atoms with E-state index in [-0.39, 0.29) is 35.6 Å². The molecule has 10 heteroatoms. The molecule has 0 bridgehead atoms. The molecule has 0 aromatic heterocycles. The maximum atomic E-state index is 14.8. The molecule has 0 saturated heterocycles. The van der Waals surface area contributed by atoms with Crippen molar-refractivity contribution in [2.75, 3.05) is 13.7 Å². The lowest BCUT2D eigenvalue weighted by molar-refractivity contribution is -0.150. The number of nitriles is 1. The molecule has 1 aromatic carbocycles. The minimum absolute atomic E-state index is 0.0409. The summed E-state index contributed by atoms with van der Waals surface area (Å²) in [6.45, 7) is 5.38. The average Bonchev–Trinajstić information content (AvgIpc) is 3.32. The largest absolute Gasteiger partial charge is 0.496 e. The van der Waals surface area contributed by atoms with Crippen molar-refractivity contribution in [1.29, 1.82) is 5.26 Å². The van der Waals surface area contributed by atoms with Crippen LogP contribution in [-0.4, -0.2) is 48.7 Å². The molecule has 2 saturated carbocycles. The van der Waals surface area contributed by atoms with Crippen molar-refractivity contribution in [3.63, 3.8) is 0 Å². The Kier molecular flexibility index (Phi) is 8.67. The molecular formula is C27H36FN3O6. The fourth-order valence-electron chi connectivity index (χ4n) is 4.88. The van der Waals surface area contributed by atoms with E-state index in [1.807, 2.05) is 0 Å². The maximum Gasteiger partial charge on any atom is 0.309 e. The summed E-state index contributed by atoms with van der Waals surface area (Å²) < 4.78 is 25.9. The number of methoxy groups -OCH3 is 1. The first kappa shape index (κ1) is 28.2. The minimum atomic E-state index is -0.854. The molecule has 0 radical (unpaired) electrons. The zero-order chi connectivity index (χ0) is 27.4. The number of rotatable bonds is 9. The fraction of sp³-hybridized carbons (Fsp3) is 0.630. The highest BCUT2D eigenvalue weighted by Crippen LogP contribution is 2.38. The van der Waals surface area contributed by atoms with Crippen LogP contribution in [0.4, 0.5) is 4.39 Å². The predicted molar refractivity (Wildman–Crippen MR) is 133 cm³/mol. The predicted octanol–water partition coefficient (Wildman–Crippen LogP) is 3.81. The Balaban J connectivity index is 1.70. The molecule has 37 heavy (non-hydrogen) atoms. The lowest BCUT2D eigenvalue weighted by Gasteiger charge is -2.34. The molecular weight excluding hydrogens is 481 g/mol. The Morgan fingerprint density at radius 2 is 1.86 bits per heavy atom. The first-order valence-corrected chi connectivity index (χ1v) is 12.7. The second kappa shape index (κ2) is 11.4. The molecule has 2 fully saturated rings. The quantitative estimate of drug-likeness (QED) is 0.453. The number of carboxylic acid groups (broad SMARTS) is 1. The van der Waals surface area contributed by atoms with Gasteiger partial charge in [0.05, 0.1) is 41.6 Å². The molecule has 0 spiro atoms. The van der Waals surface area contributed by atoms with Crippen LogP contribution in [0.25, 0.3) is 0 Å². The second-order valence-corrected chi connectivity index (χ2v) is 11.0. The van der Waals surface area contributed by atoms with Crippen molar-refractivity contribution < 1.29 is 33.4 Å². The van der Waals surface area contributed by atoms with Gasteiger partial charge in [-0.05, 0) is 65.4 Å². The molecule has 2 unspecified atom stereocenters. The van der Waals surface area contributed by atoms with E-state index in [4.69, 9.17) is 9.47 Å². The van der Waals surface area contributed by atoms with E-state index in [2.05, 4.69) is 16.7 Å². The Morgan fingerprint density at radius 3 is 2.46 bits per heavy atom. The monoisotopic (exact) mass is 517 g/mol. The summed E-state index contributed by atoms with van der Waals surface area (Å²) in [4.78, 5) is 37.5. The van der Waals surface area contributed by atoms with E-state index in [0.717, 1.165) is 12.5 Å². The summed E-state index contributed by atoms with van der Waals surface area (Å²) >= 11 is 0. The van der Waals surface area contributed by atoms with Crippen molar-refractivity contribution >= 4 is 17.8 Å². The number of carbonyl (C=O) groups excluding carboxylic acids is 2. The molecule has 3 N–H and O–H groups in total. The molecule has 2 atom stereocenters. The molecule has 3 rings (SSSR count). The van der Waals surface area contributed by atoms with E-state index >= 15 is 0 Å². The summed E-state index contributed by atoms with van der Waals surface area (Å²) in [5.41, 5.74) is -1.44. The van der Waals surface area contributed by atoms with Gasteiger partial charge in [-0.3, -0.25) is 14.4 Å². The number of aliphatic carboxylic acids is 1. The van der Waals surface area contributed by atoms with Crippen molar-refractivity contribution in [3.05, 3.63) is 23.5 Å². The fourth-order valence-corrected chi connectivity index (χ4v) is 4.88. The smallest absolute Gasteiger partial charge is 0.309 e. The maximum absolute atomic E-state index is 14.8. The summed E-state index contributed by atoms with van der Waals surface area (Å²) in [6, 6.07) is 4.13. The van der Waals surface area contributed by atoms with Crippen LogP contribution >= 0.6 is 0 Å². The van der Waals surface area contributed by atoms with Crippen molar-refractivity contribution in [2.45, 2.75) is 77.9 Å². The third-order valence-electron chi connectivity index (χ3n) is 7.52. The van der Waals surface area contributed by atoms with Gasteiger partial charge in [0.2, 0.25) is 5.91 Å². The van der Waals surface area contributed by atoms with Gasteiger partial charge in [0, 0.05) is 18.7 Å². The van der Waals surface area contributed by atoms with E-state index in [9.17, 15) is 29.1 Å². The molecule has 2 aliphatic carbocycles. The number of benzene rings is 1. The summed E-state index contributed by atoms with van der Waals surface area (Å²) in [6.07, 6.45) is 3.35. The van der Waals surface area contributed by atoms with Gasteiger partial charge in [0.25, 0.3) is 5.91 Å². The van der Waals surface area contributed by atoms with Crippen molar-refractivity contribution in [3.8, 4) is 17.6 Å². The van der Waals surface area contributed by atoms with E-state index < -0.39 is 40.5 Å². The van der Waals surface area contributed by atoms with E-state index in [1.54, 1.807) is 20.8 Å². The van der Waals surface area contributed by atoms with Crippen LogP contribution < -0.4 is 20.1 Å². The number of nitrogens with zero attached hydrogens (tertiary/aromatic N) is 1. The van der Waals surface area contributed by atoms with Crippen LogP contribution in [0.5, 0.6) is 11.5 Å². The third-order valence-corrected chi connectivity index (χ3v) is 7.52. The number of nitrogens with one attached hydrogen (secondary N) is 2. The van der Waals surface area contributed by atoms with Crippen molar-refractivity contribution in [1.82, 2.24) is 10.6 Å². The highest BCUT2D eigenvalue weighted by Gasteiger charge is 2.39.